The molecule has 1 aromatic heterocycles. The second-order valence-corrected chi connectivity index (χ2v) is 9.23. The standard InChI is InChI=1S/C26H35N3O6/c1-6-28-23(24(31)20-14-18(4)13-19(5)15-20)22(17(2)3)25(32)29(26(28)33)16-35-21(30)7-8-27-9-11-34-12-10-27/h13-15,17H,6-12,16H2,1-5H3. The molecule has 1 aliphatic rings. The lowest BCUT2D eigenvalue weighted by atomic mass is 9.95. The molecule has 0 bridgehead atoms. The maximum Gasteiger partial charge on any atom is 0.334 e. The van der Waals surface area contributed by atoms with Gasteiger partial charge in [0.05, 0.1) is 19.6 Å². The second kappa shape index (κ2) is 11.6. The topological polar surface area (TPSA) is 99.8 Å². The number of nitrogens with zero attached hydrogens (tertiary/aromatic N) is 3. The number of esters is 1. The molecular weight excluding hydrogens is 450 g/mol. The summed E-state index contributed by atoms with van der Waals surface area (Å²) in [7, 11) is 0. The monoisotopic (exact) mass is 485 g/mol. The number of hydrogen-bond acceptors (Lipinski definition) is 7. The largest absolute Gasteiger partial charge is 0.444 e. The Bertz CT molecular complexity index is 1180. The predicted molar refractivity (Wildman–Crippen MR) is 132 cm³/mol. The predicted octanol–water partition coefficient (Wildman–Crippen LogP) is 2.22. The highest BCUT2D eigenvalue weighted by Crippen LogP contribution is 2.20. The van der Waals surface area contributed by atoms with Crippen LogP contribution in [0.4, 0.5) is 0 Å². The number of morpholine rings is 1. The van der Waals surface area contributed by atoms with Gasteiger partial charge >= 0.3 is 11.7 Å². The quantitative estimate of drug-likeness (QED) is 0.397. The van der Waals surface area contributed by atoms with Gasteiger partial charge in [-0.15, -0.1) is 0 Å². The van der Waals surface area contributed by atoms with Crippen molar-refractivity contribution in [2.24, 2.45) is 0 Å². The molecule has 0 N–H and O–H groups in total. The highest BCUT2D eigenvalue weighted by Gasteiger charge is 2.27. The Hall–Kier alpha value is -3.04. The Morgan fingerprint density at radius 1 is 1.03 bits per heavy atom. The van der Waals surface area contributed by atoms with Crippen molar-refractivity contribution in [1.29, 1.82) is 0 Å². The fraction of sp³-hybridized carbons (Fsp3) is 0.538. The molecule has 0 radical (unpaired) electrons. The summed E-state index contributed by atoms with van der Waals surface area (Å²) in [6.45, 7) is 12.1. The minimum absolute atomic E-state index is 0.0948. The highest BCUT2D eigenvalue weighted by molar-refractivity contribution is 6.09. The molecule has 1 aliphatic heterocycles. The first kappa shape index (κ1) is 26.6. The number of ketones is 1. The van der Waals surface area contributed by atoms with E-state index in [-0.39, 0.29) is 35.9 Å². The summed E-state index contributed by atoms with van der Waals surface area (Å²) in [6.07, 6.45) is 0.150. The second-order valence-electron chi connectivity index (χ2n) is 9.23. The van der Waals surface area contributed by atoms with Gasteiger partial charge in [-0.25, -0.2) is 9.36 Å². The van der Waals surface area contributed by atoms with Crippen molar-refractivity contribution in [1.82, 2.24) is 14.0 Å². The molecule has 9 nitrogen and oxygen atoms in total. The number of carbonyl (C=O) groups excluding carboxylic acids is 2. The van der Waals surface area contributed by atoms with Crippen molar-refractivity contribution in [3.05, 3.63) is 67.0 Å². The lowest BCUT2D eigenvalue weighted by Crippen LogP contribution is -2.45. The Kier molecular flexibility index (Phi) is 8.80. The van der Waals surface area contributed by atoms with Crippen molar-refractivity contribution in [3.8, 4) is 0 Å². The smallest absolute Gasteiger partial charge is 0.334 e. The Labute approximate surface area is 205 Å². The van der Waals surface area contributed by atoms with Gasteiger partial charge in [0, 0.05) is 37.3 Å². The molecule has 0 spiro atoms. The molecule has 2 aromatic rings. The van der Waals surface area contributed by atoms with Crippen molar-refractivity contribution >= 4 is 11.8 Å². The summed E-state index contributed by atoms with van der Waals surface area (Å²) in [5.41, 5.74) is 1.32. The SMILES string of the molecule is CCn1c(C(=O)c2cc(C)cc(C)c2)c(C(C)C)c(=O)n(COC(=O)CCN2CCOCC2)c1=O. The van der Waals surface area contributed by atoms with Gasteiger partial charge in [0.15, 0.2) is 6.73 Å². The summed E-state index contributed by atoms with van der Waals surface area (Å²) in [5.74, 6) is -1.19. The average molecular weight is 486 g/mol. The Morgan fingerprint density at radius 2 is 1.66 bits per heavy atom. The molecule has 0 amide bonds. The van der Waals surface area contributed by atoms with Crippen LogP contribution in [0, 0.1) is 13.8 Å². The van der Waals surface area contributed by atoms with E-state index in [9.17, 15) is 19.2 Å². The summed E-state index contributed by atoms with van der Waals surface area (Å²) in [5, 5.41) is 0. The lowest BCUT2D eigenvalue weighted by molar-refractivity contribution is -0.148. The van der Waals surface area contributed by atoms with Crippen LogP contribution in [-0.2, 0) is 27.5 Å². The van der Waals surface area contributed by atoms with Crippen LogP contribution in [-0.4, -0.2) is 58.6 Å². The minimum Gasteiger partial charge on any atom is -0.444 e. The molecular formula is C26H35N3O6. The minimum atomic E-state index is -0.671. The number of aromatic nitrogens is 2. The Balaban J connectivity index is 1.92. The molecule has 1 aromatic carbocycles. The molecule has 0 unspecified atom stereocenters. The molecule has 1 fully saturated rings. The summed E-state index contributed by atoms with van der Waals surface area (Å²) < 4.78 is 12.8. The first-order valence-corrected chi connectivity index (χ1v) is 12.1. The van der Waals surface area contributed by atoms with Gasteiger partial charge in [0.1, 0.15) is 5.69 Å². The van der Waals surface area contributed by atoms with Gasteiger partial charge in [0.25, 0.3) is 5.56 Å². The fourth-order valence-electron chi connectivity index (χ4n) is 4.42. The lowest BCUT2D eigenvalue weighted by Gasteiger charge is -2.26. The number of aryl methyl sites for hydroxylation is 2. The maximum atomic E-state index is 13.6. The highest BCUT2D eigenvalue weighted by atomic mass is 16.5. The molecule has 0 aliphatic carbocycles. The zero-order valence-corrected chi connectivity index (χ0v) is 21.3. The summed E-state index contributed by atoms with van der Waals surface area (Å²) in [4.78, 5) is 54.6. The fourth-order valence-corrected chi connectivity index (χ4v) is 4.42. The third kappa shape index (κ3) is 6.15. The van der Waals surface area contributed by atoms with E-state index in [1.165, 1.54) is 4.57 Å². The molecule has 35 heavy (non-hydrogen) atoms. The van der Waals surface area contributed by atoms with Crippen LogP contribution < -0.4 is 11.2 Å². The molecule has 1 saturated heterocycles. The van der Waals surface area contributed by atoms with E-state index in [0.29, 0.717) is 25.3 Å². The van der Waals surface area contributed by atoms with E-state index in [1.54, 1.807) is 32.9 Å². The third-order valence-corrected chi connectivity index (χ3v) is 6.15. The van der Waals surface area contributed by atoms with Crippen LogP contribution in [0.1, 0.15) is 65.9 Å². The number of ether oxygens (including phenoxy) is 2. The molecule has 3 rings (SSSR count). The Morgan fingerprint density at radius 3 is 2.23 bits per heavy atom. The number of carbonyl (C=O) groups is 2. The molecule has 0 saturated carbocycles. The normalized spacial score (nSPS) is 14.3. The van der Waals surface area contributed by atoms with Crippen LogP contribution in [0.3, 0.4) is 0 Å². The summed E-state index contributed by atoms with van der Waals surface area (Å²) in [6, 6.07) is 5.47. The van der Waals surface area contributed by atoms with Crippen molar-refractivity contribution in [2.75, 3.05) is 32.8 Å². The maximum absolute atomic E-state index is 13.6. The van der Waals surface area contributed by atoms with Crippen molar-refractivity contribution < 1.29 is 19.1 Å². The van der Waals surface area contributed by atoms with Gasteiger partial charge < -0.3 is 9.47 Å². The van der Waals surface area contributed by atoms with Gasteiger partial charge in [0.2, 0.25) is 5.78 Å². The van der Waals surface area contributed by atoms with Crippen LogP contribution >= 0.6 is 0 Å². The van der Waals surface area contributed by atoms with Gasteiger partial charge in [-0.05, 0) is 38.8 Å². The van der Waals surface area contributed by atoms with E-state index >= 15 is 0 Å². The zero-order chi connectivity index (χ0) is 25.7. The van der Waals surface area contributed by atoms with Crippen molar-refractivity contribution in [2.45, 2.75) is 60.2 Å². The van der Waals surface area contributed by atoms with E-state index in [2.05, 4.69) is 4.90 Å². The van der Waals surface area contributed by atoms with E-state index in [1.807, 2.05) is 19.9 Å². The zero-order valence-electron chi connectivity index (χ0n) is 21.3. The van der Waals surface area contributed by atoms with Crippen LogP contribution in [0.15, 0.2) is 27.8 Å². The number of hydrogen-bond donors (Lipinski definition) is 0. The van der Waals surface area contributed by atoms with Gasteiger partial charge in [-0.3, -0.25) is 23.9 Å². The van der Waals surface area contributed by atoms with E-state index in [4.69, 9.17) is 9.47 Å². The molecule has 9 heteroatoms. The van der Waals surface area contributed by atoms with Crippen molar-refractivity contribution in [3.63, 3.8) is 0 Å². The van der Waals surface area contributed by atoms with Gasteiger partial charge in [-0.2, -0.15) is 0 Å². The first-order valence-electron chi connectivity index (χ1n) is 12.1. The summed E-state index contributed by atoms with van der Waals surface area (Å²) >= 11 is 0. The van der Waals surface area contributed by atoms with E-state index < -0.39 is 23.9 Å². The molecule has 2 heterocycles. The molecule has 0 atom stereocenters. The molecule has 190 valence electrons. The van der Waals surface area contributed by atoms with Crippen LogP contribution in [0.5, 0.6) is 0 Å². The van der Waals surface area contributed by atoms with Crippen LogP contribution in [0.2, 0.25) is 0 Å². The van der Waals surface area contributed by atoms with Gasteiger partial charge in [-0.1, -0.05) is 31.0 Å². The first-order chi connectivity index (χ1) is 16.6. The van der Waals surface area contributed by atoms with E-state index in [0.717, 1.165) is 28.8 Å². The van der Waals surface area contributed by atoms with Crippen LogP contribution in [0.25, 0.3) is 0 Å². The third-order valence-electron chi connectivity index (χ3n) is 6.15. The number of benzene rings is 1. The average Bonchev–Trinajstić information content (AvgIpc) is 2.81. The number of rotatable bonds is 9.